The van der Waals surface area contributed by atoms with Crippen LogP contribution in [0, 0.1) is 5.92 Å². The lowest BCUT2D eigenvalue weighted by molar-refractivity contribution is -0.134. The molecule has 0 radical (unpaired) electrons. The highest BCUT2D eigenvalue weighted by Crippen LogP contribution is 2.37. The number of likely N-dealkylation sites (N-methyl/N-ethyl adjacent to an activating group) is 1. The molecule has 0 bridgehead atoms. The first kappa shape index (κ1) is 13.2. The van der Waals surface area contributed by atoms with Crippen molar-refractivity contribution in [3.63, 3.8) is 0 Å². The quantitative estimate of drug-likeness (QED) is 0.752. The van der Waals surface area contributed by atoms with Crippen LogP contribution in [0.3, 0.4) is 0 Å². The number of nitrogens with zero attached hydrogens (tertiary/aromatic N) is 2. The van der Waals surface area contributed by atoms with Gasteiger partial charge in [-0.2, -0.15) is 0 Å². The molecular weight excluding hydrogens is 222 g/mol. The second kappa shape index (κ2) is 5.19. The maximum absolute atomic E-state index is 14.0. The average Bonchev–Trinajstić information content (AvgIpc) is 2.20. The van der Waals surface area contributed by atoms with Gasteiger partial charge in [0.2, 0.25) is 0 Å². The maximum Gasteiger partial charge on any atom is 0.263 e. The predicted molar refractivity (Wildman–Crippen MR) is 65.4 cm³/mol. The van der Waals surface area contributed by atoms with Crippen molar-refractivity contribution in [1.29, 1.82) is 0 Å². The average molecular weight is 246 g/mol. The van der Waals surface area contributed by atoms with Crippen molar-refractivity contribution in [2.45, 2.75) is 45.1 Å². The highest BCUT2D eigenvalue weighted by Gasteiger charge is 2.46. The molecule has 0 amide bonds. The molecule has 4 heteroatoms. The Hall–Kier alpha value is -0.220. The zero-order chi connectivity index (χ0) is 12.5. The maximum atomic E-state index is 14.0. The van der Waals surface area contributed by atoms with Crippen molar-refractivity contribution in [1.82, 2.24) is 9.80 Å². The van der Waals surface area contributed by atoms with E-state index in [0.29, 0.717) is 18.9 Å². The van der Waals surface area contributed by atoms with Crippen molar-refractivity contribution in [2.75, 3.05) is 32.7 Å². The summed E-state index contributed by atoms with van der Waals surface area (Å²) in [6.07, 6.45) is 2.21. The number of halogens is 2. The molecule has 2 fully saturated rings. The molecule has 17 heavy (non-hydrogen) atoms. The van der Waals surface area contributed by atoms with Crippen molar-refractivity contribution >= 4 is 0 Å². The third kappa shape index (κ3) is 2.79. The molecule has 2 heterocycles. The van der Waals surface area contributed by atoms with Gasteiger partial charge < -0.3 is 4.90 Å². The Morgan fingerprint density at radius 2 is 1.94 bits per heavy atom. The van der Waals surface area contributed by atoms with E-state index >= 15 is 0 Å². The monoisotopic (exact) mass is 246 g/mol. The zero-order valence-corrected chi connectivity index (χ0v) is 11.0. The van der Waals surface area contributed by atoms with Crippen molar-refractivity contribution in [3.8, 4) is 0 Å². The van der Waals surface area contributed by atoms with E-state index in [1.807, 2.05) is 11.8 Å². The molecule has 0 aliphatic carbocycles. The van der Waals surface area contributed by atoms with Crippen LogP contribution < -0.4 is 0 Å². The fraction of sp³-hybridized carbons (Fsp3) is 1.00. The van der Waals surface area contributed by atoms with E-state index in [2.05, 4.69) is 11.8 Å². The summed E-state index contributed by atoms with van der Waals surface area (Å²) in [5.74, 6) is -2.85. The number of piperidine rings is 1. The van der Waals surface area contributed by atoms with Crippen molar-refractivity contribution in [2.24, 2.45) is 5.92 Å². The van der Waals surface area contributed by atoms with Crippen molar-refractivity contribution < 1.29 is 8.78 Å². The van der Waals surface area contributed by atoms with Crippen LogP contribution in [-0.4, -0.2) is 54.5 Å². The van der Waals surface area contributed by atoms with Gasteiger partial charge in [-0.15, -0.1) is 0 Å². The number of hydrogen-bond donors (Lipinski definition) is 0. The zero-order valence-electron chi connectivity index (χ0n) is 11.0. The van der Waals surface area contributed by atoms with Crippen LogP contribution in [0.2, 0.25) is 0 Å². The van der Waals surface area contributed by atoms with Crippen LogP contribution in [0.4, 0.5) is 8.78 Å². The summed E-state index contributed by atoms with van der Waals surface area (Å²) < 4.78 is 27.9. The Balaban J connectivity index is 1.85. The molecule has 1 atom stereocenters. The first-order chi connectivity index (χ1) is 8.06. The van der Waals surface area contributed by atoms with E-state index in [1.54, 1.807) is 0 Å². The first-order valence-corrected chi connectivity index (χ1v) is 6.91. The minimum Gasteiger partial charge on any atom is -0.300 e. The summed E-state index contributed by atoms with van der Waals surface area (Å²) in [5.41, 5.74) is 0. The fourth-order valence-corrected chi connectivity index (χ4v) is 3.06. The van der Waals surface area contributed by atoms with Crippen LogP contribution in [0.15, 0.2) is 0 Å². The molecule has 2 aliphatic rings. The summed E-state index contributed by atoms with van der Waals surface area (Å²) in [5, 5.41) is 0. The minimum atomic E-state index is -2.47. The highest BCUT2D eigenvalue weighted by atomic mass is 19.3. The molecule has 0 saturated carbocycles. The van der Waals surface area contributed by atoms with Crippen molar-refractivity contribution in [3.05, 3.63) is 0 Å². The molecular formula is C13H24F2N2. The van der Waals surface area contributed by atoms with Gasteiger partial charge in [0.25, 0.3) is 5.92 Å². The lowest BCUT2D eigenvalue weighted by Gasteiger charge is -2.49. The molecule has 2 nitrogen and oxygen atoms in total. The molecule has 0 aromatic carbocycles. The Bertz CT molecular complexity index is 252. The van der Waals surface area contributed by atoms with Crippen LogP contribution in [0.25, 0.3) is 0 Å². The molecule has 0 aromatic rings. The molecule has 2 aliphatic heterocycles. The van der Waals surface area contributed by atoms with E-state index in [-0.39, 0.29) is 12.5 Å². The lowest BCUT2D eigenvalue weighted by Crippen LogP contribution is -2.63. The second-order valence-electron chi connectivity index (χ2n) is 5.51. The summed E-state index contributed by atoms with van der Waals surface area (Å²) in [6.45, 7) is 7.96. The van der Waals surface area contributed by atoms with E-state index in [4.69, 9.17) is 0 Å². The molecule has 1 unspecified atom stereocenters. The van der Waals surface area contributed by atoms with Crippen LogP contribution >= 0.6 is 0 Å². The van der Waals surface area contributed by atoms with Gasteiger partial charge in [-0.25, -0.2) is 8.78 Å². The smallest absolute Gasteiger partial charge is 0.263 e. The molecule has 2 rings (SSSR count). The molecule has 100 valence electrons. The van der Waals surface area contributed by atoms with Gasteiger partial charge in [-0.1, -0.05) is 20.3 Å². The van der Waals surface area contributed by atoms with Crippen LogP contribution in [-0.2, 0) is 0 Å². The Morgan fingerprint density at radius 3 is 2.47 bits per heavy atom. The van der Waals surface area contributed by atoms with E-state index < -0.39 is 5.92 Å². The van der Waals surface area contributed by atoms with Gasteiger partial charge >= 0.3 is 0 Å². The van der Waals surface area contributed by atoms with Crippen LogP contribution in [0.1, 0.15) is 33.1 Å². The van der Waals surface area contributed by atoms with E-state index in [1.165, 1.54) is 0 Å². The fourth-order valence-electron chi connectivity index (χ4n) is 3.06. The lowest BCUT2D eigenvalue weighted by atomic mass is 9.87. The molecule has 0 aromatic heterocycles. The highest BCUT2D eigenvalue weighted by molar-refractivity contribution is 4.94. The van der Waals surface area contributed by atoms with Gasteiger partial charge in [0, 0.05) is 25.0 Å². The van der Waals surface area contributed by atoms with Gasteiger partial charge in [-0.3, -0.25) is 4.90 Å². The number of alkyl halides is 2. The number of likely N-dealkylation sites (tertiary alicyclic amines) is 2. The normalized spacial score (nSPS) is 31.4. The van der Waals surface area contributed by atoms with Gasteiger partial charge in [0.1, 0.15) is 0 Å². The summed E-state index contributed by atoms with van der Waals surface area (Å²) in [7, 11) is 0. The predicted octanol–water partition coefficient (Wildman–Crippen LogP) is 2.45. The number of rotatable bonds is 4. The first-order valence-electron chi connectivity index (χ1n) is 6.91. The topological polar surface area (TPSA) is 6.48 Å². The SMILES string of the molecule is CCCC1CCN(C2CN(CC)C2)CC1(F)F. The van der Waals surface area contributed by atoms with E-state index in [9.17, 15) is 8.78 Å². The molecule has 0 spiro atoms. The molecule has 2 saturated heterocycles. The standard InChI is InChI=1S/C13H24F2N2/c1-3-5-11-6-7-17(10-13(11,14)15)12-8-16(4-2)9-12/h11-12H,3-10H2,1-2H3. The minimum absolute atomic E-state index is 0.0140. The van der Waals surface area contributed by atoms with E-state index in [0.717, 1.165) is 32.6 Å². The third-order valence-electron chi connectivity index (χ3n) is 4.31. The Labute approximate surface area is 103 Å². The van der Waals surface area contributed by atoms with Gasteiger partial charge in [0.15, 0.2) is 0 Å². The summed E-state index contributed by atoms with van der Waals surface area (Å²) in [4.78, 5) is 4.32. The second-order valence-corrected chi connectivity index (χ2v) is 5.51. The van der Waals surface area contributed by atoms with Gasteiger partial charge in [-0.05, 0) is 25.9 Å². The largest absolute Gasteiger partial charge is 0.300 e. The van der Waals surface area contributed by atoms with Crippen LogP contribution in [0.5, 0.6) is 0 Å². The third-order valence-corrected chi connectivity index (χ3v) is 4.31. The van der Waals surface area contributed by atoms with Gasteiger partial charge in [0.05, 0.1) is 6.54 Å². The Morgan fingerprint density at radius 1 is 1.24 bits per heavy atom. The summed E-state index contributed by atoms with van der Waals surface area (Å²) in [6, 6.07) is 0.378. The summed E-state index contributed by atoms with van der Waals surface area (Å²) >= 11 is 0. The Kier molecular flexibility index (Phi) is 4.03. The molecule has 0 N–H and O–H groups in total. The number of hydrogen-bond acceptors (Lipinski definition) is 2.